The van der Waals surface area contributed by atoms with Crippen molar-refractivity contribution in [2.75, 3.05) is 48.0 Å². The summed E-state index contributed by atoms with van der Waals surface area (Å²) in [7, 11) is 0. The van der Waals surface area contributed by atoms with Gasteiger partial charge in [-0.05, 0) is 77.4 Å². The Kier molecular flexibility index (Phi) is 13.0. The van der Waals surface area contributed by atoms with Gasteiger partial charge in [0, 0.05) is 37.1 Å². The molecule has 2 aromatic carbocycles. The van der Waals surface area contributed by atoms with E-state index in [2.05, 4.69) is 5.32 Å². The first-order valence-corrected chi connectivity index (χ1v) is 17.3. The van der Waals surface area contributed by atoms with Crippen molar-refractivity contribution in [2.45, 2.75) is 84.6 Å². The van der Waals surface area contributed by atoms with E-state index in [9.17, 15) is 47.2 Å². The minimum atomic E-state index is -5.19. The van der Waals surface area contributed by atoms with Crippen molar-refractivity contribution in [3.63, 3.8) is 0 Å². The summed E-state index contributed by atoms with van der Waals surface area (Å²) in [4.78, 5) is 81.8. The molecular weight excluding hydrogens is 747 g/mol. The lowest BCUT2D eigenvalue weighted by Crippen LogP contribution is -2.56. The van der Waals surface area contributed by atoms with Crippen molar-refractivity contribution >= 4 is 52.9 Å². The van der Waals surface area contributed by atoms with Crippen molar-refractivity contribution in [2.24, 2.45) is 0 Å². The van der Waals surface area contributed by atoms with Crippen LogP contribution in [0.5, 0.6) is 0 Å². The lowest BCUT2D eigenvalue weighted by molar-refractivity contribution is -0.167. The second kappa shape index (κ2) is 17.0. The average Bonchev–Trinajstić information content (AvgIpc) is 3.07. The normalized spacial score (nSPS) is 17.1. The molecule has 302 valence electrons. The summed E-state index contributed by atoms with van der Waals surface area (Å²) in [6, 6.07) is 9.20. The van der Waals surface area contributed by atoms with Crippen molar-refractivity contribution in [3.05, 3.63) is 53.1 Å². The molecule has 2 atom stereocenters. The summed E-state index contributed by atoms with van der Waals surface area (Å²) >= 11 is 0. The third-order valence-corrected chi connectivity index (χ3v) is 7.85. The number of morpholine rings is 2. The molecule has 0 saturated carbocycles. The number of nitrogens with one attached hydrogen (secondary N) is 1. The lowest BCUT2D eigenvalue weighted by atomic mass is 9.99. The van der Waals surface area contributed by atoms with Gasteiger partial charge in [0.2, 0.25) is 6.10 Å². The molecule has 5 amide bonds. The van der Waals surface area contributed by atoms with Gasteiger partial charge in [0.05, 0.1) is 30.9 Å². The molecule has 2 aliphatic rings. The fourth-order valence-corrected chi connectivity index (χ4v) is 5.61. The van der Waals surface area contributed by atoms with Crippen LogP contribution in [0, 0.1) is 11.3 Å². The molecule has 0 unspecified atom stereocenters. The van der Waals surface area contributed by atoms with Crippen LogP contribution in [0.2, 0.25) is 0 Å². The zero-order valence-electron chi connectivity index (χ0n) is 31.8. The largest absolute Gasteiger partial charge is 0.449 e. The molecule has 0 aromatic heterocycles. The fraction of sp³-hybridized carbons (Fsp3) is 0.486. The molecule has 19 heteroatoms. The first kappa shape index (κ1) is 43.0. The van der Waals surface area contributed by atoms with Gasteiger partial charge in [0.15, 0.2) is 6.10 Å². The molecule has 2 aromatic rings. The van der Waals surface area contributed by atoms with Crippen LogP contribution in [0.25, 0.3) is 0 Å². The number of hydrogen-bond acceptors (Lipinski definition) is 12. The monoisotopic (exact) mass is 789 g/mol. The van der Waals surface area contributed by atoms with E-state index in [-0.39, 0.29) is 32.2 Å². The molecule has 0 bridgehead atoms. The van der Waals surface area contributed by atoms with Gasteiger partial charge in [-0.25, -0.2) is 14.5 Å². The van der Waals surface area contributed by atoms with Crippen LogP contribution in [0.3, 0.4) is 0 Å². The van der Waals surface area contributed by atoms with Gasteiger partial charge < -0.3 is 38.8 Å². The Morgan fingerprint density at radius 2 is 1.54 bits per heavy atom. The first-order chi connectivity index (χ1) is 26.0. The van der Waals surface area contributed by atoms with E-state index in [4.69, 9.17) is 23.7 Å². The maximum Gasteiger partial charge on any atom is 0.420 e. The number of halogens is 3. The number of esters is 1. The van der Waals surface area contributed by atoms with Gasteiger partial charge in [-0.2, -0.15) is 18.4 Å². The third-order valence-electron chi connectivity index (χ3n) is 7.85. The predicted octanol–water partition coefficient (Wildman–Crippen LogP) is 4.91. The highest BCUT2D eigenvalue weighted by atomic mass is 19.4. The van der Waals surface area contributed by atoms with Crippen LogP contribution in [0.1, 0.15) is 65.2 Å². The van der Waals surface area contributed by atoms with E-state index in [0.717, 1.165) is 13.0 Å². The minimum Gasteiger partial charge on any atom is -0.449 e. The molecule has 2 saturated heterocycles. The van der Waals surface area contributed by atoms with Crippen molar-refractivity contribution in [3.8, 4) is 6.07 Å². The summed E-state index contributed by atoms with van der Waals surface area (Å²) < 4.78 is 69.9. The summed E-state index contributed by atoms with van der Waals surface area (Å²) in [6.45, 7) is 9.16. The van der Waals surface area contributed by atoms with Crippen LogP contribution < -0.4 is 15.1 Å². The van der Waals surface area contributed by atoms with Gasteiger partial charge in [-0.1, -0.05) is 6.07 Å². The van der Waals surface area contributed by atoms with E-state index in [1.165, 1.54) is 57.4 Å². The van der Waals surface area contributed by atoms with Gasteiger partial charge in [0.25, 0.3) is 17.7 Å². The molecule has 0 spiro atoms. The van der Waals surface area contributed by atoms with Crippen LogP contribution in [0.4, 0.5) is 39.8 Å². The molecule has 2 fully saturated rings. The van der Waals surface area contributed by atoms with Crippen LogP contribution >= 0.6 is 0 Å². The van der Waals surface area contributed by atoms with Gasteiger partial charge in [0.1, 0.15) is 23.9 Å². The molecule has 2 aliphatic heterocycles. The number of imide groups is 1. The summed E-state index contributed by atoms with van der Waals surface area (Å²) in [5.41, 5.74) is -5.22. The van der Waals surface area contributed by atoms with E-state index in [1.54, 1.807) is 24.3 Å². The zero-order chi connectivity index (χ0) is 41.7. The maximum atomic E-state index is 14.4. The molecule has 56 heavy (non-hydrogen) atoms. The Morgan fingerprint density at radius 1 is 0.946 bits per heavy atom. The molecule has 2 heterocycles. The summed E-state index contributed by atoms with van der Waals surface area (Å²) in [5.74, 6) is -3.46. The van der Waals surface area contributed by atoms with Gasteiger partial charge in [-0.15, -0.1) is 0 Å². The highest BCUT2D eigenvalue weighted by Crippen LogP contribution is 2.37. The van der Waals surface area contributed by atoms with Crippen LogP contribution in [-0.2, 0) is 55.6 Å². The minimum absolute atomic E-state index is 0.00994. The Labute approximate surface area is 320 Å². The second-order valence-electron chi connectivity index (χ2n) is 14.6. The number of benzene rings is 2. The van der Waals surface area contributed by atoms with Crippen LogP contribution in [-0.4, -0.2) is 97.1 Å². The standard InChI is InChI=1S/C37H42F3N5O11/c1-21(46)54-29(30-32(49)44(12-14-53-30)25-10-8-9-24(17-25)43-11-13-52-20-28(43)47)31(48)42-23-15-22(26(18-41)27(16-23)37(38,39)40)19-45(33(50)55-35(2,3)4)34(51)56-36(5,6)7/h8-10,15-17,29-30H,11-14,19-20H2,1-7H3,(H,42,48)/t29-,30-/m1/s1. The average molecular weight is 790 g/mol. The Morgan fingerprint density at radius 3 is 2.07 bits per heavy atom. The highest BCUT2D eigenvalue weighted by Gasteiger charge is 2.44. The molecule has 1 N–H and O–H groups in total. The number of hydrogen-bond donors (Lipinski definition) is 1. The number of carbonyl (C=O) groups excluding carboxylic acids is 6. The fourth-order valence-electron chi connectivity index (χ4n) is 5.61. The zero-order valence-corrected chi connectivity index (χ0v) is 31.8. The number of alkyl halides is 3. The molecule has 0 aliphatic carbocycles. The van der Waals surface area contributed by atoms with Gasteiger partial charge in [-0.3, -0.25) is 19.2 Å². The number of ether oxygens (including phenoxy) is 5. The van der Waals surface area contributed by atoms with Crippen molar-refractivity contribution < 1.29 is 65.6 Å². The number of amides is 5. The van der Waals surface area contributed by atoms with E-state index >= 15 is 0 Å². The topological polar surface area (TPSA) is 194 Å². The van der Waals surface area contributed by atoms with Gasteiger partial charge >= 0.3 is 24.3 Å². The molecule has 0 radical (unpaired) electrons. The number of rotatable bonds is 8. The molecular formula is C37H42F3N5O11. The SMILES string of the molecule is CC(=O)O[C@@H](C(=O)Nc1cc(CN(C(=O)OC(C)(C)C)C(=O)OC(C)(C)C)c(C#N)c(C(F)(F)F)c1)[C@H]1OCCN(c2cccc(N3CCOCC3=O)c2)C1=O. The number of nitrogens with zero attached hydrogens (tertiary/aromatic N) is 4. The Bertz CT molecular complexity index is 1890. The number of carbonyl (C=O) groups is 6. The molecule has 4 rings (SSSR count). The first-order valence-electron chi connectivity index (χ1n) is 17.3. The predicted molar refractivity (Wildman–Crippen MR) is 190 cm³/mol. The van der Waals surface area contributed by atoms with Crippen molar-refractivity contribution in [1.82, 2.24) is 4.90 Å². The van der Waals surface area contributed by atoms with Crippen LogP contribution in [0.15, 0.2) is 36.4 Å². The Hall–Kier alpha value is -5.74. The third kappa shape index (κ3) is 10.9. The van der Waals surface area contributed by atoms with E-state index in [0.29, 0.717) is 28.9 Å². The number of anilines is 3. The lowest BCUT2D eigenvalue weighted by Gasteiger charge is -2.35. The smallest absolute Gasteiger partial charge is 0.420 e. The quantitative estimate of drug-likeness (QED) is 0.281. The Balaban J connectivity index is 1.70. The van der Waals surface area contributed by atoms with E-state index in [1.807, 2.05) is 0 Å². The highest BCUT2D eigenvalue weighted by molar-refractivity contribution is 6.05. The van der Waals surface area contributed by atoms with Crippen molar-refractivity contribution in [1.29, 1.82) is 5.26 Å². The summed E-state index contributed by atoms with van der Waals surface area (Å²) in [6.07, 6.45) is -11.6. The summed E-state index contributed by atoms with van der Waals surface area (Å²) in [5, 5.41) is 12.1. The van der Waals surface area contributed by atoms with E-state index < -0.39 is 88.5 Å². The molecule has 16 nitrogen and oxygen atoms in total. The number of nitriles is 1. The maximum absolute atomic E-state index is 14.4. The second-order valence-corrected chi connectivity index (χ2v) is 14.6.